The summed E-state index contributed by atoms with van der Waals surface area (Å²) in [5.74, 6) is 0.802. The number of nitrogens with zero attached hydrogens (tertiary/aromatic N) is 4. The first kappa shape index (κ1) is 10.1. The summed E-state index contributed by atoms with van der Waals surface area (Å²) >= 11 is 5.96. The molecule has 0 saturated carbocycles. The van der Waals surface area contributed by atoms with Gasteiger partial charge in [0.05, 0.1) is 6.04 Å². The summed E-state index contributed by atoms with van der Waals surface area (Å²) in [6.45, 7) is 3.92. The second-order valence-corrected chi connectivity index (χ2v) is 3.69. The average Bonchev–Trinajstić information content (AvgIpc) is 2.59. The van der Waals surface area contributed by atoms with Gasteiger partial charge in [0, 0.05) is 12.4 Å². The smallest absolute Gasteiger partial charge is 0.225 e. The van der Waals surface area contributed by atoms with Crippen LogP contribution >= 0.6 is 11.6 Å². The van der Waals surface area contributed by atoms with E-state index < -0.39 is 0 Å². The maximum Gasteiger partial charge on any atom is 0.225 e. The SMILES string of the molecule is Cc1nnc(Cl)n1C(C)c1cccnc1. The van der Waals surface area contributed by atoms with Crippen molar-refractivity contribution in [3.05, 3.63) is 41.2 Å². The lowest BCUT2D eigenvalue weighted by molar-refractivity contribution is 0.616. The zero-order chi connectivity index (χ0) is 10.8. The largest absolute Gasteiger partial charge is 0.295 e. The van der Waals surface area contributed by atoms with Crippen LogP contribution in [0.5, 0.6) is 0 Å². The van der Waals surface area contributed by atoms with Crippen LogP contribution in [0.3, 0.4) is 0 Å². The van der Waals surface area contributed by atoms with Gasteiger partial charge >= 0.3 is 0 Å². The maximum absolute atomic E-state index is 5.96. The van der Waals surface area contributed by atoms with Crippen molar-refractivity contribution >= 4 is 11.6 Å². The summed E-state index contributed by atoms with van der Waals surface area (Å²) in [4.78, 5) is 4.08. The van der Waals surface area contributed by atoms with Crippen molar-refractivity contribution in [3.8, 4) is 0 Å². The third kappa shape index (κ3) is 1.85. The molecule has 78 valence electrons. The van der Waals surface area contributed by atoms with Gasteiger partial charge in [-0.2, -0.15) is 0 Å². The van der Waals surface area contributed by atoms with Gasteiger partial charge in [0.15, 0.2) is 0 Å². The van der Waals surface area contributed by atoms with E-state index in [4.69, 9.17) is 11.6 Å². The molecule has 0 aromatic carbocycles. The summed E-state index contributed by atoms with van der Waals surface area (Å²) in [7, 11) is 0. The Balaban J connectivity index is 2.41. The monoisotopic (exact) mass is 222 g/mol. The van der Waals surface area contributed by atoms with Crippen molar-refractivity contribution in [1.29, 1.82) is 0 Å². The Labute approximate surface area is 92.9 Å². The summed E-state index contributed by atoms with van der Waals surface area (Å²) in [6.07, 6.45) is 3.57. The van der Waals surface area contributed by atoms with Crippen LogP contribution in [0.25, 0.3) is 0 Å². The molecule has 4 nitrogen and oxygen atoms in total. The topological polar surface area (TPSA) is 43.6 Å². The summed E-state index contributed by atoms with van der Waals surface area (Å²) < 4.78 is 1.87. The minimum atomic E-state index is 0.0983. The van der Waals surface area contributed by atoms with E-state index in [2.05, 4.69) is 15.2 Å². The zero-order valence-electron chi connectivity index (χ0n) is 8.55. The standard InChI is InChI=1S/C10H11ClN4/c1-7(9-4-3-5-12-6-9)15-8(2)13-14-10(15)11/h3-7H,1-2H3. The van der Waals surface area contributed by atoms with Gasteiger partial charge in [-0.25, -0.2) is 0 Å². The Hall–Kier alpha value is -1.42. The van der Waals surface area contributed by atoms with Gasteiger partial charge in [-0.3, -0.25) is 9.55 Å². The van der Waals surface area contributed by atoms with Crippen LogP contribution in [-0.2, 0) is 0 Å². The summed E-state index contributed by atoms with van der Waals surface area (Å²) in [5, 5.41) is 8.15. The van der Waals surface area contributed by atoms with Gasteiger partial charge in [0.1, 0.15) is 5.82 Å². The number of halogens is 1. The fourth-order valence-corrected chi connectivity index (χ4v) is 1.86. The van der Waals surface area contributed by atoms with E-state index in [1.807, 2.05) is 36.7 Å². The molecule has 0 aliphatic rings. The first-order valence-electron chi connectivity index (χ1n) is 4.67. The molecule has 0 bridgehead atoms. The minimum absolute atomic E-state index is 0.0983. The molecule has 1 atom stereocenters. The van der Waals surface area contributed by atoms with Gasteiger partial charge in [0.2, 0.25) is 5.28 Å². The summed E-state index contributed by atoms with van der Waals surface area (Å²) in [5.41, 5.74) is 1.09. The molecule has 0 fully saturated rings. The lowest BCUT2D eigenvalue weighted by atomic mass is 10.1. The second-order valence-electron chi connectivity index (χ2n) is 3.35. The molecular formula is C10H11ClN4. The van der Waals surface area contributed by atoms with Crippen molar-refractivity contribution in [1.82, 2.24) is 19.7 Å². The van der Waals surface area contributed by atoms with Gasteiger partial charge in [-0.15, -0.1) is 10.2 Å². The number of pyridine rings is 1. The van der Waals surface area contributed by atoms with Crippen LogP contribution in [0.1, 0.15) is 24.4 Å². The number of aromatic nitrogens is 4. The van der Waals surface area contributed by atoms with E-state index in [0.29, 0.717) is 5.28 Å². The number of aryl methyl sites for hydroxylation is 1. The normalized spacial score (nSPS) is 12.7. The molecule has 1 unspecified atom stereocenters. The highest BCUT2D eigenvalue weighted by Gasteiger charge is 2.14. The molecule has 2 aromatic rings. The van der Waals surface area contributed by atoms with E-state index in [0.717, 1.165) is 11.4 Å². The second kappa shape index (κ2) is 3.98. The van der Waals surface area contributed by atoms with E-state index in [1.165, 1.54) is 0 Å². The molecule has 0 aliphatic carbocycles. The van der Waals surface area contributed by atoms with Gasteiger partial charge in [0.25, 0.3) is 0 Å². The average molecular weight is 223 g/mol. The molecule has 0 amide bonds. The van der Waals surface area contributed by atoms with E-state index in [9.17, 15) is 0 Å². The molecule has 15 heavy (non-hydrogen) atoms. The van der Waals surface area contributed by atoms with E-state index in [1.54, 1.807) is 6.20 Å². The maximum atomic E-state index is 5.96. The fourth-order valence-electron chi connectivity index (χ4n) is 1.56. The molecule has 2 heterocycles. The Kier molecular flexibility index (Phi) is 2.68. The third-order valence-corrected chi connectivity index (χ3v) is 2.64. The Morgan fingerprint density at radius 2 is 2.20 bits per heavy atom. The zero-order valence-corrected chi connectivity index (χ0v) is 9.31. The Morgan fingerprint density at radius 3 is 2.73 bits per heavy atom. The number of rotatable bonds is 2. The van der Waals surface area contributed by atoms with E-state index in [-0.39, 0.29) is 6.04 Å². The van der Waals surface area contributed by atoms with Crippen molar-refractivity contribution < 1.29 is 0 Å². The molecule has 0 saturated heterocycles. The molecule has 2 aromatic heterocycles. The van der Waals surface area contributed by atoms with Gasteiger partial charge in [-0.05, 0) is 37.1 Å². The van der Waals surface area contributed by atoms with Crippen molar-refractivity contribution in [3.63, 3.8) is 0 Å². The lowest BCUT2D eigenvalue weighted by Gasteiger charge is -2.14. The highest BCUT2D eigenvalue weighted by atomic mass is 35.5. The van der Waals surface area contributed by atoms with Gasteiger partial charge in [-0.1, -0.05) is 6.07 Å². The quantitative estimate of drug-likeness (QED) is 0.783. The molecule has 5 heteroatoms. The van der Waals surface area contributed by atoms with Crippen molar-refractivity contribution in [2.24, 2.45) is 0 Å². The summed E-state index contributed by atoms with van der Waals surface area (Å²) in [6, 6.07) is 4.01. The first-order valence-corrected chi connectivity index (χ1v) is 5.05. The third-order valence-electron chi connectivity index (χ3n) is 2.38. The molecular weight excluding hydrogens is 212 g/mol. The van der Waals surface area contributed by atoms with Crippen LogP contribution in [0.4, 0.5) is 0 Å². The molecule has 0 aliphatic heterocycles. The Morgan fingerprint density at radius 1 is 1.40 bits per heavy atom. The van der Waals surface area contributed by atoms with Crippen molar-refractivity contribution in [2.75, 3.05) is 0 Å². The predicted molar refractivity (Wildman–Crippen MR) is 57.8 cm³/mol. The molecule has 0 N–H and O–H groups in total. The number of hydrogen-bond donors (Lipinski definition) is 0. The highest BCUT2D eigenvalue weighted by Crippen LogP contribution is 2.21. The van der Waals surface area contributed by atoms with Crippen LogP contribution in [0, 0.1) is 6.92 Å². The first-order chi connectivity index (χ1) is 7.20. The minimum Gasteiger partial charge on any atom is -0.295 e. The number of hydrogen-bond acceptors (Lipinski definition) is 3. The van der Waals surface area contributed by atoms with Crippen LogP contribution < -0.4 is 0 Å². The molecule has 0 radical (unpaired) electrons. The molecule has 2 rings (SSSR count). The van der Waals surface area contributed by atoms with E-state index >= 15 is 0 Å². The van der Waals surface area contributed by atoms with Gasteiger partial charge < -0.3 is 0 Å². The Bertz CT molecular complexity index is 432. The van der Waals surface area contributed by atoms with Crippen molar-refractivity contribution in [2.45, 2.75) is 19.9 Å². The van der Waals surface area contributed by atoms with Crippen LogP contribution in [0.2, 0.25) is 5.28 Å². The predicted octanol–water partition coefficient (Wildman–Crippen LogP) is 2.24. The lowest BCUT2D eigenvalue weighted by Crippen LogP contribution is -2.09. The fraction of sp³-hybridized carbons (Fsp3) is 0.300. The highest BCUT2D eigenvalue weighted by molar-refractivity contribution is 6.28. The van der Waals surface area contributed by atoms with Crippen LogP contribution in [0.15, 0.2) is 24.5 Å². The van der Waals surface area contributed by atoms with Crippen LogP contribution in [-0.4, -0.2) is 19.7 Å². The molecule has 0 spiro atoms.